The van der Waals surface area contributed by atoms with Gasteiger partial charge in [0.25, 0.3) is 5.91 Å². The Labute approximate surface area is 163 Å². The van der Waals surface area contributed by atoms with E-state index in [0.29, 0.717) is 27.9 Å². The third kappa shape index (κ3) is 6.78. The topological polar surface area (TPSA) is 77.2 Å². The minimum Gasteiger partial charge on any atom is -0.486 e. The van der Waals surface area contributed by atoms with Gasteiger partial charge in [-0.25, -0.2) is 9.37 Å². The SMILES string of the molecule is Cc1nc(COc2ccc(F)cc2)sc1C(=O)NC(C)(C)CN.Cl.Cl. The van der Waals surface area contributed by atoms with Gasteiger partial charge in [-0.2, -0.15) is 0 Å². The number of rotatable bonds is 6. The van der Waals surface area contributed by atoms with E-state index in [1.165, 1.54) is 23.5 Å². The number of nitrogens with two attached hydrogens (primary N) is 1. The fraction of sp³-hybridized carbons (Fsp3) is 0.375. The molecule has 0 aliphatic heterocycles. The van der Waals surface area contributed by atoms with Crippen molar-refractivity contribution in [3.63, 3.8) is 0 Å². The molecule has 0 aliphatic carbocycles. The second-order valence-electron chi connectivity index (χ2n) is 5.81. The van der Waals surface area contributed by atoms with Gasteiger partial charge in [-0.15, -0.1) is 36.2 Å². The number of nitrogens with zero attached hydrogens (tertiary/aromatic N) is 1. The van der Waals surface area contributed by atoms with Crippen LogP contribution < -0.4 is 15.8 Å². The molecule has 2 aromatic rings. The fourth-order valence-corrected chi connectivity index (χ4v) is 2.69. The van der Waals surface area contributed by atoms with Gasteiger partial charge in [0.1, 0.15) is 28.1 Å². The summed E-state index contributed by atoms with van der Waals surface area (Å²) in [5, 5.41) is 3.56. The molecule has 3 N–H and O–H groups in total. The largest absolute Gasteiger partial charge is 0.486 e. The van der Waals surface area contributed by atoms with Crippen LogP contribution in [0.1, 0.15) is 34.2 Å². The predicted molar refractivity (Wildman–Crippen MR) is 103 cm³/mol. The molecule has 0 atom stereocenters. The van der Waals surface area contributed by atoms with Crippen molar-refractivity contribution in [1.82, 2.24) is 10.3 Å². The molecule has 0 spiro atoms. The standard InChI is InChI=1S/C16H20FN3O2S.2ClH/c1-10-14(15(21)20-16(2,3)9-18)23-13(19-10)8-22-12-6-4-11(17)5-7-12;;/h4-7H,8-9,18H2,1-3H3,(H,20,21);2*1H. The molecule has 0 aliphatic rings. The summed E-state index contributed by atoms with van der Waals surface area (Å²) < 4.78 is 18.4. The molecule has 25 heavy (non-hydrogen) atoms. The third-order valence-corrected chi connectivity index (χ3v) is 4.31. The van der Waals surface area contributed by atoms with E-state index in [4.69, 9.17) is 10.5 Å². The van der Waals surface area contributed by atoms with Crippen LogP contribution in [0.25, 0.3) is 0 Å². The number of nitrogens with one attached hydrogen (secondary N) is 1. The van der Waals surface area contributed by atoms with E-state index in [0.717, 1.165) is 0 Å². The van der Waals surface area contributed by atoms with Crippen LogP contribution in [0, 0.1) is 12.7 Å². The third-order valence-electron chi connectivity index (χ3n) is 3.19. The van der Waals surface area contributed by atoms with Crippen LogP contribution in [0.3, 0.4) is 0 Å². The van der Waals surface area contributed by atoms with Gasteiger partial charge in [0.05, 0.1) is 5.69 Å². The number of aryl methyl sites for hydroxylation is 1. The molecule has 0 bridgehead atoms. The molecule has 0 unspecified atom stereocenters. The maximum absolute atomic E-state index is 12.8. The molecular formula is C16H22Cl2FN3O2S. The summed E-state index contributed by atoms with van der Waals surface area (Å²) in [6.07, 6.45) is 0. The van der Waals surface area contributed by atoms with Crippen LogP contribution in [-0.4, -0.2) is 23.0 Å². The molecular weight excluding hydrogens is 388 g/mol. The number of amides is 1. The molecule has 0 saturated heterocycles. The lowest BCUT2D eigenvalue weighted by atomic mass is 10.1. The highest BCUT2D eigenvalue weighted by atomic mass is 35.5. The van der Waals surface area contributed by atoms with E-state index in [9.17, 15) is 9.18 Å². The van der Waals surface area contributed by atoms with Crippen molar-refractivity contribution in [2.24, 2.45) is 5.73 Å². The zero-order valence-corrected chi connectivity index (χ0v) is 16.6. The number of hydrogen-bond acceptors (Lipinski definition) is 5. The normalized spacial score (nSPS) is 10.4. The van der Waals surface area contributed by atoms with E-state index in [1.54, 1.807) is 19.1 Å². The first-order chi connectivity index (χ1) is 10.8. The minimum atomic E-state index is -0.474. The molecule has 1 aromatic heterocycles. The molecule has 0 saturated carbocycles. The molecule has 1 heterocycles. The Bertz CT molecular complexity index is 693. The van der Waals surface area contributed by atoms with Gasteiger partial charge >= 0.3 is 0 Å². The van der Waals surface area contributed by atoms with Crippen LogP contribution in [0.2, 0.25) is 0 Å². The fourth-order valence-electron chi connectivity index (χ4n) is 1.82. The molecule has 9 heteroatoms. The van der Waals surface area contributed by atoms with Crippen LogP contribution in [0.4, 0.5) is 4.39 Å². The van der Waals surface area contributed by atoms with E-state index in [1.807, 2.05) is 13.8 Å². The van der Waals surface area contributed by atoms with Gasteiger partial charge in [0, 0.05) is 12.1 Å². The van der Waals surface area contributed by atoms with Crippen molar-refractivity contribution >= 4 is 42.1 Å². The van der Waals surface area contributed by atoms with Crippen LogP contribution in [-0.2, 0) is 6.61 Å². The number of hydrogen-bond donors (Lipinski definition) is 2. The van der Waals surface area contributed by atoms with E-state index in [-0.39, 0.29) is 43.1 Å². The second-order valence-corrected chi connectivity index (χ2v) is 6.89. The van der Waals surface area contributed by atoms with E-state index in [2.05, 4.69) is 10.3 Å². The molecule has 0 fully saturated rings. The lowest BCUT2D eigenvalue weighted by Crippen LogP contribution is -2.48. The maximum Gasteiger partial charge on any atom is 0.263 e. The van der Waals surface area contributed by atoms with Gasteiger partial charge < -0.3 is 15.8 Å². The van der Waals surface area contributed by atoms with Crippen molar-refractivity contribution in [1.29, 1.82) is 0 Å². The molecule has 1 aromatic carbocycles. The Morgan fingerprint density at radius 3 is 2.48 bits per heavy atom. The molecule has 1 amide bonds. The smallest absolute Gasteiger partial charge is 0.263 e. The molecule has 5 nitrogen and oxygen atoms in total. The summed E-state index contributed by atoms with van der Waals surface area (Å²) >= 11 is 1.28. The Hall–Kier alpha value is -1.41. The van der Waals surface area contributed by atoms with Crippen LogP contribution in [0.5, 0.6) is 5.75 Å². The number of ether oxygens (including phenoxy) is 1. The van der Waals surface area contributed by atoms with Crippen molar-refractivity contribution in [3.8, 4) is 5.75 Å². The Morgan fingerprint density at radius 2 is 1.92 bits per heavy atom. The number of carbonyl (C=O) groups is 1. The van der Waals surface area contributed by atoms with Crippen molar-refractivity contribution in [3.05, 3.63) is 45.7 Å². The quantitative estimate of drug-likeness (QED) is 0.765. The monoisotopic (exact) mass is 409 g/mol. The van der Waals surface area contributed by atoms with Gasteiger partial charge in [0.2, 0.25) is 0 Å². The number of benzene rings is 1. The lowest BCUT2D eigenvalue weighted by Gasteiger charge is -2.23. The number of halogens is 3. The summed E-state index contributed by atoms with van der Waals surface area (Å²) in [4.78, 5) is 17.2. The predicted octanol–water partition coefficient (Wildman–Crippen LogP) is 3.48. The molecule has 2 rings (SSSR count). The summed E-state index contributed by atoms with van der Waals surface area (Å²) in [5.41, 5.74) is 5.80. The van der Waals surface area contributed by atoms with Crippen molar-refractivity contribution in [2.75, 3.05) is 6.54 Å². The summed E-state index contributed by atoms with van der Waals surface area (Å²) in [6, 6.07) is 5.76. The van der Waals surface area contributed by atoms with Gasteiger partial charge in [-0.3, -0.25) is 4.79 Å². The van der Waals surface area contributed by atoms with Gasteiger partial charge in [-0.1, -0.05) is 0 Å². The Kier molecular flexibility index (Phi) is 9.35. The van der Waals surface area contributed by atoms with Crippen molar-refractivity contribution < 1.29 is 13.9 Å². The van der Waals surface area contributed by atoms with Gasteiger partial charge in [-0.05, 0) is 45.0 Å². The highest BCUT2D eigenvalue weighted by molar-refractivity contribution is 7.13. The Morgan fingerprint density at radius 1 is 1.32 bits per heavy atom. The molecule has 140 valence electrons. The van der Waals surface area contributed by atoms with Crippen LogP contribution in [0.15, 0.2) is 24.3 Å². The summed E-state index contributed by atoms with van der Waals surface area (Å²) in [5.74, 6) is 0.0434. The first kappa shape index (κ1) is 23.6. The highest BCUT2D eigenvalue weighted by Crippen LogP contribution is 2.21. The highest BCUT2D eigenvalue weighted by Gasteiger charge is 2.22. The van der Waals surface area contributed by atoms with Crippen molar-refractivity contribution in [2.45, 2.75) is 32.9 Å². The average Bonchev–Trinajstić information content (AvgIpc) is 2.87. The first-order valence-corrected chi connectivity index (χ1v) is 7.99. The molecule has 0 radical (unpaired) electrons. The number of carbonyl (C=O) groups excluding carboxylic acids is 1. The van der Waals surface area contributed by atoms with Gasteiger partial charge in [0.15, 0.2) is 0 Å². The first-order valence-electron chi connectivity index (χ1n) is 7.18. The van der Waals surface area contributed by atoms with E-state index < -0.39 is 5.54 Å². The zero-order chi connectivity index (χ0) is 17.0. The zero-order valence-electron chi connectivity index (χ0n) is 14.2. The Balaban J connectivity index is 0.00000288. The average molecular weight is 410 g/mol. The van der Waals surface area contributed by atoms with Crippen LogP contribution >= 0.6 is 36.2 Å². The number of thiazole rings is 1. The summed E-state index contributed by atoms with van der Waals surface area (Å²) in [6.45, 7) is 6.07. The lowest BCUT2D eigenvalue weighted by molar-refractivity contribution is 0.0919. The van der Waals surface area contributed by atoms with E-state index >= 15 is 0 Å². The number of aromatic nitrogens is 1. The minimum absolute atomic E-state index is 0. The second kappa shape index (κ2) is 9.91. The maximum atomic E-state index is 12.8. The summed E-state index contributed by atoms with van der Waals surface area (Å²) in [7, 11) is 0.